The number of fused-ring (bicyclic) bond motifs is 7. The highest BCUT2D eigenvalue weighted by atomic mass is 16.5. The summed E-state index contributed by atoms with van der Waals surface area (Å²) in [5.74, 6) is 6.28. The second-order valence-corrected chi connectivity index (χ2v) is 14.3. The van der Waals surface area contributed by atoms with E-state index in [-0.39, 0.29) is 18.1 Å². The van der Waals surface area contributed by atoms with Gasteiger partial charge in [0.15, 0.2) is 11.5 Å². The number of allylic oxidation sites excluding steroid dienone is 12. The lowest BCUT2D eigenvalue weighted by atomic mass is 9.68. The van der Waals surface area contributed by atoms with Gasteiger partial charge in [0.25, 0.3) is 0 Å². The van der Waals surface area contributed by atoms with Crippen molar-refractivity contribution in [3.05, 3.63) is 106 Å². The zero-order valence-corrected chi connectivity index (χ0v) is 24.5. The van der Waals surface area contributed by atoms with Crippen molar-refractivity contribution >= 4 is 0 Å². The Kier molecular flexibility index (Phi) is 5.96. The Bertz CT molecular complexity index is 1520. The summed E-state index contributed by atoms with van der Waals surface area (Å²) in [4.78, 5) is 0. The van der Waals surface area contributed by atoms with Crippen LogP contribution in [0.2, 0.25) is 0 Å². The van der Waals surface area contributed by atoms with Crippen LogP contribution >= 0.6 is 0 Å². The summed E-state index contributed by atoms with van der Waals surface area (Å²) < 4.78 is 13.2. The van der Waals surface area contributed by atoms with Crippen molar-refractivity contribution in [2.75, 3.05) is 0 Å². The third kappa shape index (κ3) is 4.05. The molecule has 0 saturated heterocycles. The highest BCUT2D eigenvalue weighted by molar-refractivity contribution is 5.46. The average Bonchev–Trinajstić information content (AvgIpc) is 3.62. The maximum Gasteiger partial charge on any atom is 0.161 e. The lowest BCUT2D eigenvalue weighted by molar-refractivity contribution is 0.0959. The van der Waals surface area contributed by atoms with Gasteiger partial charge in [0.2, 0.25) is 0 Å². The molecule has 0 bridgehead atoms. The first-order valence-corrected chi connectivity index (χ1v) is 16.8. The second-order valence-electron chi connectivity index (χ2n) is 14.3. The van der Waals surface area contributed by atoms with Crippen molar-refractivity contribution in [1.29, 1.82) is 5.26 Å². The first-order chi connectivity index (χ1) is 20.7. The molecular weight excluding hydrogens is 514 g/mol. The van der Waals surface area contributed by atoms with Gasteiger partial charge in [0, 0.05) is 23.7 Å². The van der Waals surface area contributed by atoms with Crippen molar-refractivity contribution in [2.24, 2.45) is 47.3 Å². The van der Waals surface area contributed by atoms with Crippen LogP contribution in [-0.4, -0.2) is 12.2 Å². The molecule has 2 heterocycles. The predicted molar refractivity (Wildman–Crippen MR) is 164 cm³/mol. The SMILES string of the molecule is N#CC1C=CC2=CC(C3=CC4CCC(C5C=CC6OC7=C(CCC8=C7OC7C=CCCC87)C6C5)C=C4C=C3)CCC2C1. The molecule has 0 aromatic carbocycles. The average molecular weight is 556 g/mol. The molecule has 0 aromatic heterocycles. The van der Waals surface area contributed by atoms with Crippen LogP contribution < -0.4 is 0 Å². The molecule has 214 valence electrons. The van der Waals surface area contributed by atoms with E-state index in [1.165, 1.54) is 67.2 Å². The van der Waals surface area contributed by atoms with Crippen LogP contribution in [0.3, 0.4) is 0 Å². The van der Waals surface area contributed by atoms with Gasteiger partial charge >= 0.3 is 0 Å². The van der Waals surface area contributed by atoms with Gasteiger partial charge in [-0.15, -0.1) is 0 Å². The Labute approximate surface area is 250 Å². The number of ether oxygens (including phenoxy) is 2. The minimum Gasteiger partial charge on any atom is -0.482 e. The summed E-state index contributed by atoms with van der Waals surface area (Å²) in [5.41, 5.74) is 7.59. The molecule has 3 nitrogen and oxygen atoms in total. The van der Waals surface area contributed by atoms with Gasteiger partial charge in [-0.3, -0.25) is 0 Å². The lowest BCUT2D eigenvalue weighted by Crippen LogP contribution is -2.29. The summed E-state index contributed by atoms with van der Waals surface area (Å²) in [6.07, 6.45) is 38.7. The normalized spacial score (nSPS) is 42.5. The molecule has 7 aliphatic carbocycles. The molecule has 0 amide bonds. The summed E-state index contributed by atoms with van der Waals surface area (Å²) in [5, 5.41) is 9.33. The van der Waals surface area contributed by atoms with Crippen LogP contribution in [0.5, 0.6) is 0 Å². The van der Waals surface area contributed by atoms with E-state index in [4.69, 9.17) is 9.47 Å². The van der Waals surface area contributed by atoms with Gasteiger partial charge in [0.05, 0.1) is 12.0 Å². The second kappa shape index (κ2) is 9.90. The van der Waals surface area contributed by atoms with E-state index in [9.17, 15) is 5.26 Å². The van der Waals surface area contributed by atoms with Gasteiger partial charge < -0.3 is 9.47 Å². The molecule has 0 radical (unpaired) electrons. The van der Waals surface area contributed by atoms with E-state index in [1.54, 1.807) is 5.57 Å². The van der Waals surface area contributed by atoms with Gasteiger partial charge in [0.1, 0.15) is 12.2 Å². The Morgan fingerprint density at radius 2 is 1.38 bits per heavy atom. The number of hydrogen-bond acceptors (Lipinski definition) is 3. The molecule has 0 spiro atoms. The van der Waals surface area contributed by atoms with Crippen LogP contribution in [-0.2, 0) is 9.47 Å². The van der Waals surface area contributed by atoms with Crippen molar-refractivity contribution in [3.63, 3.8) is 0 Å². The van der Waals surface area contributed by atoms with Gasteiger partial charge in [-0.05, 0) is 122 Å². The fourth-order valence-electron chi connectivity index (χ4n) is 9.83. The quantitative estimate of drug-likeness (QED) is 0.320. The molecule has 9 aliphatic rings. The third-order valence-corrected chi connectivity index (χ3v) is 12.1. The Balaban J connectivity index is 0.899. The number of nitrogens with zero attached hydrogens (tertiary/aromatic N) is 1. The smallest absolute Gasteiger partial charge is 0.161 e. The Hall–Kier alpha value is -3.25. The van der Waals surface area contributed by atoms with Crippen molar-refractivity contribution < 1.29 is 9.47 Å². The van der Waals surface area contributed by atoms with E-state index in [0.717, 1.165) is 30.8 Å². The Morgan fingerprint density at radius 1 is 0.643 bits per heavy atom. The number of rotatable bonds is 2. The lowest BCUT2D eigenvalue weighted by Gasteiger charge is -2.37. The summed E-state index contributed by atoms with van der Waals surface area (Å²) in [7, 11) is 0. The van der Waals surface area contributed by atoms with Gasteiger partial charge in [-0.25, -0.2) is 0 Å². The monoisotopic (exact) mass is 555 g/mol. The van der Waals surface area contributed by atoms with Crippen molar-refractivity contribution in [3.8, 4) is 6.07 Å². The summed E-state index contributed by atoms with van der Waals surface area (Å²) >= 11 is 0. The topological polar surface area (TPSA) is 42.2 Å². The van der Waals surface area contributed by atoms with E-state index < -0.39 is 0 Å². The van der Waals surface area contributed by atoms with Crippen LogP contribution in [0.15, 0.2) is 106 Å². The maximum absolute atomic E-state index is 9.33. The summed E-state index contributed by atoms with van der Waals surface area (Å²) in [6.45, 7) is 0. The zero-order chi connectivity index (χ0) is 27.8. The fraction of sp³-hybridized carbons (Fsp3) is 0.513. The standard InChI is InChI=1S/C39H41NO2/c40-22-23-5-6-25-18-26(8-7-24(25)17-23)27-9-10-29-20-30(12-11-28(29)19-27)31-13-16-37-35(21-31)34-15-14-33-32-3-1-2-4-36(32)41-38(33)39(34)42-37/h2,4-6,9-10,13,16,18-20,23-24,26,28,30-32,35-37H,1,3,7-8,11-12,14-15,17,21H2. The minimum atomic E-state index is 0.0986. The number of hydrogen-bond donors (Lipinski definition) is 0. The van der Waals surface area contributed by atoms with Crippen molar-refractivity contribution in [2.45, 2.75) is 76.4 Å². The molecule has 10 atom stereocenters. The van der Waals surface area contributed by atoms with E-state index in [2.05, 4.69) is 72.9 Å². The first kappa shape index (κ1) is 25.3. The molecule has 9 rings (SSSR count). The van der Waals surface area contributed by atoms with Crippen LogP contribution in [0.4, 0.5) is 0 Å². The highest BCUT2D eigenvalue weighted by Gasteiger charge is 2.48. The van der Waals surface area contributed by atoms with Gasteiger partial charge in [-0.1, -0.05) is 54.7 Å². The minimum absolute atomic E-state index is 0.0986. The molecule has 42 heavy (non-hydrogen) atoms. The largest absolute Gasteiger partial charge is 0.482 e. The first-order valence-electron chi connectivity index (χ1n) is 16.8. The van der Waals surface area contributed by atoms with E-state index in [1.807, 2.05) is 0 Å². The zero-order valence-electron chi connectivity index (χ0n) is 24.5. The molecule has 2 aliphatic heterocycles. The van der Waals surface area contributed by atoms with Crippen molar-refractivity contribution in [1.82, 2.24) is 0 Å². The fourth-order valence-corrected chi connectivity index (χ4v) is 9.83. The molecule has 10 unspecified atom stereocenters. The predicted octanol–water partition coefficient (Wildman–Crippen LogP) is 8.75. The molecule has 3 heteroatoms. The molecule has 0 aromatic rings. The maximum atomic E-state index is 9.33. The Morgan fingerprint density at radius 3 is 2.21 bits per heavy atom. The molecular formula is C39H41NO2. The number of nitriles is 1. The highest BCUT2D eigenvalue weighted by Crippen LogP contribution is 2.54. The van der Waals surface area contributed by atoms with E-state index >= 15 is 0 Å². The molecule has 0 fully saturated rings. The van der Waals surface area contributed by atoms with Crippen LogP contribution in [0.25, 0.3) is 0 Å². The van der Waals surface area contributed by atoms with E-state index in [0.29, 0.717) is 41.4 Å². The van der Waals surface area contributed by atoms with Gasteiger partial charge in [-0.2, -0.15) is 5.26 Å². The summed E-state index contributed by atoms with van der Waals surface area (Å²) in [6, 6.07) is 2.45. The molecule has 0 N–H and O–H groups in total. The van der Waals surface area contributed by atoms with Crippen LogP contribution in [0, 0.1) is 58.7 Å². The third-order valence-electron chi connectivity index (χ3n) is 12.1. The van der Waals surface area contributed by atoms with Crippen LogP contribution in [0.1, 0.15) is 64.2 Å². The molecule has 0 saturated carbocycles.